The number of hydrogen-bond donors (Lipinski definition) is 0. The van der Waals surface area contributed by atoms with Crippen molar-refractivity contribution in [3.8, 4) is 0 Å². The molecule has 0 aromatic heterocycles. The molecule has 3 atom stereocenters. The standard InChI is InChI=1S/C18H23NO2/c1-12-3-2-4-14(7-12)18(20)19-10-15-8-16(19)9-17(15)21-11-13-5-6-13/h2-4,7,13,15-17H,5-6,8-11H2,1H3/t15-,16+,17+/m1/s1. The van der Waals surface area contributed by atoms with Gasteiger partial charge < -0.3 is 9.64 Å². The van der Waals surface area contributed by atoms with Gasteiger partial charge in [0.15, 0.2) is 0 Å². The van der Waals surface area contributed by atoms with E-state index < -0.39 is 0 Å². The number of hydrogen-bond acceptors (Lipinski definition) is 2. The van der Waals surface area contributed by atoms with Crippen LogP contribution in [0.5, 0.6) is 0 Å². The van der Waals surface area contributed by atoms with E-state index in [1.807, 2.05) is 31.2 Å². The molecular formula is C18H23NO2. The maximum atomic E-state index is 12.7. The second-order valence-corrected chi connectivity index (χ2v) is 7.03. The maximum absolute atomic E-state index is 12.7. The molecule has 0 unspecified atom stereocenters. The van der Waals surface area contributed by atoms with Crippen molar-refractivity contribution in [2.45, 2.75) is 44.8 Å². The second kappa shape index (κ2) is 5.13. The lowest BCUT2D eigenvalue weighted by molar-refractivity contribution is -0.00315. The third-order valence-corrected chi connectivity index (χ3v) is 5.25. The Hall–Kier alpha value is -1.35. The molecule has 0 radical (unpaired) electrons. The monoisotopic (exact) mass is 285 g/mol. The Morgan fingerprint density at radius 3 is 2.86 bits per heavy atom. The van der Waals surface area contributed by atoms with Crippen LogP contribution in [0.2, 0.25) is 0 Å². The van der Waals surface area contributed by atoms with Crippen LogP contribution in [-0.2, 0) is 4.74 Å². The van der Waals surface area contributed by atoms with E-state index in [-0.39, 0.29) is 5.91 Å². The summed E-state index contributed by atoms with van der Waals surface area (Å²) in [4.78, 5) is 14.7. The summed E-state index contributed by atoms with van der Waals surface area (Å²) in [5.41, 5.74) is 1.98. The highest BCUT2D eigenvalue weighted by Gasteiger charge is 2.47. The minimum Gasteiger partial charge on any atom is -0.377 e. The molecule has 1 amide bonds. The fraction of sp³-hybridized carbons (Fsp3) is 0.611. The van der Waals surface area contributed by atoms with Gasteiger partial charge in [-0.05, 0) is 50.7 Å². The predicted octanol–water partition coefficient (Wildman–Crippen LogP) is 3.02. The number of aryl methyl sites for hydroxylation is 1. The molecule has 2 bridgehead atoms. The van der Waals surface area contributed by atoms with E-state index in [0.29, 0.717) is 18.1 Å². The second-order valence-electron chi connectivity index (χ2n) is 7.03. The molecule has 2 aliphatic carbocycles. The normalized spacial score (nSPS) is 30.9. The van der Waals surface area contributed by atoms with E-state index in [1.54, 1.807) is 0 Å². The van der Waals surface area contributed by atoms with E-state index in [4.69, 9.17) is 4.74 Å². The Balaban J connectivity index is 1.39. The van der Waals surface area contributed by atoms with Gasteiger partial charge in [-0.1, -0.05) is 17.7 Å². The van der Waals surface area contributed by atoms with Gasteiger partial charge in [0.05, 0.1) is 6.10 Å². The molecule has 21 heavy (non-hydrogen) atoms. The van der Waals surface area contributed by atoms with Gasteiger partial charge in [0.25, 0.3) is 5.91 Å². The van der Waals surface area contributed by atoms with Crippen LogP contribution in [0.4, 0.5) is 0 Å². The summed E-state index contributed by atoms with van der Waals surface area (Å²) in [6.45, 7) is 3.86. The van der Waals surface area contributed by atoms with Gasteiger partial charge in [0.2, 0.25) is 0 Å². The molecule has 1 aliphatic heterocycles. The molecule has 3 heteroatoms. The van der Waals surface area contributed by atoms with Crippen molar-refractivity contribution in [3.63, 3.8) is 0 Å². The van der Waals surface area contributed by atoms with Crippen LogP contribution in [0.1, 0.15) is 41.6 Å². The molecule has 3 fully saturated rings. The molecular weight excluding hydrogens is 262 g/mol. The summed E-state index contributed by atoms with van der Waals surface area (Å²) in [5, 5.41) is 0. The maximum Gasteiger partial charge on any atom is 0.254 e. The van der Waals surface area contributed by atoms with Gasteiger partial charge in [-0.3, -0.25) is 4.79 Å². The van der Waals surface area contributed by atoms with Gasteiger partial charge in [-0.15, -0.1) is 0 Å². The number of likely N-dealkylation sites (tertiary alicyclic amines) is 1. The zero-order valence-corrected chi connectivity index (χ0v) is 12.6. The van der Waals surface area contributed by atoms with Crippen molar-refractivity contribution >= 4 is 5.91 Å². The summed E-state index contributed by atoms with van der Waals surface area (Å²) < 4.78 is 6.08. The number of piperidine rings is 1. The Morgan fingerprint density at radius 2 is 2.19 bits per heavy atom. The van der Waals surface area contributed by atoms with Gasteiger partial charge in [-0.25, -0.2) is 0 Å². The van der Waals surface area contributed by atoms with Crippen molar-refractivity contribution in [2.75, 3.05) is 13.2 Å². The van der Waals surface area contributed by atoms with Crippen molar-refractivity contribution in [3.05, 3.63) is 35.4 Å². The van der Waals surface area contributed by atoms with E-state index in [2.05, 4.69) is 4.90 Å². The van der Waals surface area contributed by atoms with Crippen molar-refractivity contribution < 1.29 is 9.53 Å². The average Bonchev–Trinajstić information content (AvgIpc) is 3.11. The molecule has 2 saturated carbocycles. The fourth-order valence-electron chi connectivity index (χ4n) is 3.85. The predicted molar refractivity (Wildman–Crippen MR) is 81.2 cm³/mol. The van der Waals surface area contributed by atoms with E-state index in [1.165, 1.54) is 12.8 Å². The third-order valence-electron chi connectivity index (χ3n) is 5.25. The molecule has 0 spiro atoms. The van der Waals surface area contributed by atoms with Crippen LogP contribution in [0.25, 0.3) is 0 Å². The fourth-order valence-corrected chi connectivity index (χ4v) is 3.85. The van der Waals surface area contributed by atoms with Crippen molar-refractivity contribution in [1.29, 1.82) is 0 Å². The number of ether oxygens (including phenoxy) is 1. The molecule has 3 aliphatic rings. The van der Waals surface area contributed by atoms with E-state index >= 15 is 0 Å². The summed E-state index contributed by atoms with van der Waals surface area (Å²) in [6.07, 6.45) is 5.26. The summed E-state index contributed by atoms with van der Waals surface area (Å²) in [6, 6.07) is 8.33. The molecule has 0 N–H and O–H groups in total. The zero-order chi connectivity index (χ0) is 14.4. The summed E-state index contributed by atoms with van der Waals surface area (Å²) >= 11 is 0. The number of carbonyl (C=O) groups excluding carboxylic acids is 1. The number of rotatable bonds is 4. The van der Waals surface area contributed by atoms with Crippen LogP contribution >= 0.6 is 0 Å². The van der Waals surface area contributed by atoms with E-state index in [0.717, 1.165) is 43.0 Å². The van der Waals surface area contributed by atoms with Crippen LogP contribution in [0.3, 0.4) is 0 Å². The minimum atomic E-state index is 0.201. The average molecular weight is 285 g/mol. The van der Waals surface area contributed by atoms with Crippen molar-refractivity contribution in [2.24, 2.45) is 11.8 Å². The quantitative estimate of drug-likeness (QED) is 0.851. The molecule has 1 aromatic carbocycles. The SMILES string of the molecule is Cc1cccc(C(=O)N2C[C@H]3C[C@H]2C[C@@H]3OCC2CC2)c1. The Kier molecular flexibility index (Phi) is 3.26. The highest BCUT2D eigenvalue weighted by atomic mass is 16.5. The number of nitrogens with zero attached hydrogens (tertiary/aromatic N) is 1. The minimum absolute atomic E-state index is 0.201. The summed E-state index contributed by atoms with van der Waals surface area (Å²) in [7, 11) is 0. The number of fused-ring (bicyclic) bond motifs is 2. The molecule has 1 heterocycles. The van der Waals surface area contributed by atoms with Crippen LogP contribution in [-0.4, -0.2) is 36.1 Å². The lowest BCUT2D eigenvalue weighted by Gasteiger charge is -2.31. The summed E-state index contributed by atoms with van der Waals surface area (Å²) in [5.74, 6) is 1.59. The highest BCUT2D eigenvalue weighted by Crippen LogP contribution is 2.41. The third kappa shape index (κ3) is 2.59. The van der Waals surface area contributed by atoms with Crippen molar-refractivity contribution in [1.82, 2.24) is 4.90 Å². The van der Waals surface area contributed by atoms with Gasteiger partial charge in [0.1, 0.15) is 0 Å². The topological polar surface area (TPSA) is 29.5 Å². The first kappa shape index (κ1) is 13.3. The smallest absolute Gasteiger partial charge is 0.254 e. The Morgan fingerprint density at radius 1 is 1.33 bits per heavy atom. The Bertz CT molecular complexity index is 552. The van der Waals surface area contributed by atoms with Gasteiger partial charge in [-0.2, -0.15) is 0 Å². The molecule has 112 valence electrons. The lowest BCUT2D eigenvalue weighted by atomic mass is 10.0. The molecule has 4 rings (SSSR count). The zero-order valence-electron chi connectivity index (χ0n) is 12.6. The molecule has 3 nitrogen and oxygen atoms in total. The number of benzene rings is 1. The Labute approximate surface area is 126 Å². The highest BCUT2D eigenvalue weighted by molar-refractivity contribution is 5.94. The largest absolute Gasteiger partial charge is 0.377 e. The van der Waals surface area contributed by atoms with Gasteiger partial charge >= 0.3 is 0 Å². The van der Waals surface area contributed by atoms with Crippen LogP contribution < -0.4 is 0 Å². The van der Waals surface area contributed by atoms with Gasteiger partial charge in [0, 0.05) is 30.7 Å². The first-order valence-electron chi connectivity index (χ1n) is 8.20. The van der Waals surface area contributed by atoms with E-state index in [9.17, 15) is 4.79 Å². The number of amides is 1. The lowest BCUT2D eigenvalue weighted by Crippen LogP contribution is -2.42. The first-order valence-corrected chi connectivity index (χ1v) is 8.20. The number of carbonyl (C=O) groups is 1. The molecule has 1 saturated heterocycles. The molecule has 1 aromatic rings. The van der Waals surface area contributed by atoms with Crippen LogP contribution in [0, 0.1) is 18.8 Å². The first-order chi connectivity index (χ1) is 10.2. The van der Waals surface area contributed by atoms with Crippen LogP contribution in [0.15, 0.2) is 24.3 Å².